The molecule has 0 saturated heterocycles. The number of rotatable bonds is 2. The summed E-state index contributed by atoms with van der Waals surface area (Å²) >= 11 is 0. The molecule has 0 radical (unpaired) electrons. The lowest BCUT2D eigenvalue weighted by Gasteiger charge is -2.14. The molecule has 0 fully saturated rings. The number of allylic oxidation sites excluding steroid dienone is 1. The maximum absolute atomic E-state index is 10.8. The van der Waals surface area contributed by atoms with Gasteiger partial charge in [-0.1, -0.05) is 12.2 Å². The van der Waals surface area contributed by atoms with Gasteiger partial charge in [0.15, 0.2) is 0 Å². The maximum Gasteiger partial charge on any atom is 0.411 e. The first-order valence-electron chi connectivity index (χ1n) is 4.63. The zero-order chi connectivity index (χ0) is 12.3. The lowest BCUT2D eigenvalue weighted by molar-refractivity contribution is 0.203. The third-order valence-corrected chi connectivity index (χ3v) is 2.21. The number of amides is 1. The van der Waals surface area contributed by atoms with Crippen LogP contribution in [0.3, 0.4) is 0 Å². The summed E-state index contributed by atoms with van der Waals surface area (Å²) in [7, 11) is 1.43. The Balaban J connectivity index is 3.31. The highest BCUT2D eigenvalue weighted by Gasteiger charge is 2.10. The quantitative estimate of drug-likeness (QED) is 0.826. The second-order valence-corrected chi connectivity index (χ2v) is 3.50. The fraction of sp³-hybridized carbons (Fsp3) is 0.167. The molecule has 1 N–H and O–H groups in total. The van der Waals surface area contributed by atoms with Gasteiger partial charge in [0.2, 0.25) is 0 Å². The van der Waals surface area contributed by atoms with Crippen molar-refractivity contribution in [3.8, 4) is 6.07 Å². The van der Waals surface area contributed by atoms with Gasteiger partial charge in [0, 0.05) is 12.7 Å². The molecule has 0 aliphatic heterocycles. The molecular weight excluding hydrogens is 204 g/mol. The Labute approximate surface area is 94.0 Å². The third kappa shape index (κ3) is 2.39. The minimum absolute atomic E-state index is 0.420. The van der Waals surface area contributed by atoms with Gasteiger partial charge in [-0.2, -0.15) is 5.26 Å². The summed E-state index contributed by atoms with van der Waals surface area (Å²) in [5.41, 5.74) is 2.44. The van der Waals surface area contributed by atoms with E-state index in [0.717, 1.165) is 16.0 Å². The van der Waals surface area contributed by atoms with E-state index in [2.05, 4.69) is 6.58 Å². The molecule has 0 saturated carbocycles. The maximum atomic E-state index is 10.8. The van der Waals surface area contributed by atoms with Crippen molar-refractivity contribution in [2.75, 3.05) is 11.9 Å². The van der Waals surface area contributed by atoms with Crippen molar-refractivity contribution in [1.82, 2.24) is 0 Å². The zero-order valence-corrected chi connectivity index (χ0v) is 9.19. The topological polar surface area (TPSA) is 64.3 Å². The van der Waals surface area contributed by atoms with E-state index in [4.69, 9.17) is 10.4 Å². The Hall–Kier alpha value is -2.28. The van der Waals surface area contributed by atoms with Crippen LogP contribution in [0.15, 0.2) is 24.8 Å². The van der Waals surface area contributed by atoms with Crippen molar-refractivity contribution in [3.05, 3.63) is 35.9 Å². The number of anilines is 1. The van der Waals surface area contributed by atoms with Crippen LogP contribution in [0.25, 0.3) is 5.57 Å². The molecule has 0 bridgehead atoms. The van der Waals surface area contributed by atoms with Gasteiger partial charge < -0.3 is 5.11 Å². The molecule has 1 aromatic carbocycles. The molecule has 82 valence electrons. The van der Waals surface area contributed by atoms with E-state index in [1.54, 1.807) is 19.1 Å². The van der Waals surface area contributed by atoms with Crippen molar-refractivity contribution >= 4 is 17.4 Å². The van der Waals surface area contributed by atoms with Crippen LogP contribution < -0.4 is 4.90 Å². The van der Waals surface area contributed by atoms with Gasteiger partial charge in [-0.05, 0) is 30.7 Å². The Kier molecular flexibility index (Phi) is 3.31. The van der Waals surface area contributed by atoms with Crippen LogP contribution in [0.1, 0.15) is 18.1 Å². The number of carbonyl (C=O) groups is 1. The normalized spacial score (nSPS) is 9.31. The molecule has 16 heavy (non-hydrogen) atoms. The first-order valence-corrected chi connectivity index (χ1v) is 4.63. The van der Waals surface area contributed by atoms with E-state index in [9.17, 15) is 4.79 Å². The summed E-state index contributed by atoms with van der Waals surface area (Å²) in [6.45, 7) is 5.58. The fourth-order valence-corrected chi connectivity index (χ4v) is 1.23. The number of carboxylic acid groups (broad SMARTS) is 1. The predicted molar refractivity (Wildman–Crippen MR) is 62.3 cm³/mol. The number of hydrogen-bond acceptors (Lipinski definition) is 2. The van der Waals surface area contributed by atoms with Gasteiger partial charge in [-0.3, -0.25) is 4.90 Å². The third-order valence-electron chi connectivity index (χ3n) is 2.21. The summed E-state index contributed by atoms with van der Waals surface area (Å²) in [5, 5.41) is 17.7. The van der Waals surface area contributed by atoms with E-state index in [0.29, 0.717) is 11.3 Å². The second-order valence-electron chi connectivity index (χ2n) is 3.50. The van der Waals surface area contributed by atoms with E-state index >= 15 is 0 Å². The number of benzene rings is 1. The molecule has 0 unspecified atom stereocenters. The second kappa shape index (κ2) is 4.49. The van der Waals surface area contributed by atoms with Crippen molar-refractivity contribution in [2.24, 2.45) is 0 Å². The van der Waals surface area contributed by atoms with E-state index < -0.39 is 6.09 Å². The Morgan fingerprint density at radius 1 is 1.50 bits per heavy atom. The molecule has 0 aliphatic carbocycles. The molecule has 0 aliphatic rings. The molecule has 4 nitrogen and oxygen atoms in total. The number of nitrogens with zero attached hydrogens (tertiary/aromatic N) is 2. The summed E-state index contributed by atoms with van der Waals surface area (Å²) in [4.78, 5) is 11.9. The van der Waals surface area contributed by atoms with E-state index in [1.807, 2.05) is 6.07 Å². The Morgan fingerprint density at radius 3 is 2.56 bits per heavy atom. The Morgan fingerprint density at radius 2 is 2.12 bits per heavy atom. The Bertz CT molecular complexity index is 486. The smallest absolute Gasteiger partial charge is 0.411 e. The monoisotopic (exact) mass is 216 g/mol. The first kappa shape index (κ1) is 11.8. The van der Waals surface area contributed by atoms with Crippen LogP contribution in [0.2, 0.25) is 0 Å². The van der Waals surface area contributed by atoms with Crippen molar-refractivity contribution < 1.29 is 9.90 Å². The van der Waals surface area contributed by atoms with Crippen LogP contribution in [-0.4, -0.2) is 18.2 Å². The standard InChI is InChI=1S/C12H12N2O2/c1-8(2)10-4-9(7-13)5-11(6-10)14(3)12(15)16/h4-6H,1H2,2-3H3,(H,15,16). The van der Waals surface area contributed by atoms with Crippen LogP contribution in [-0.2, 0) is 0 Å². The van der Waals surface area contributed by atoms with Crippen molar-refractivity contribution in [3.63, 3.8) is 0 Å². The van der Waals surface area contributed by atoms with Crippen molar-refractivity contribution in [1.29, 1.82) is 5.26 Å². The van der Waals surface area contributed by atoms with Crippen LogP contribution >= 0.6 is 0 Å². The van der Waals surface area contributed by atoms with Crippen LogP contribution in [0, 0.1) is 11.3 Å². The molecule has 0 spiro atoms. The molecule has 0 aromatic heterocycles. The van der Waals surface area contributed by atoms with Gasteiger partial charge in [-0.15, -0.1) is 0 Å². The van der Waals surface area contributed by atoms with Gasteiger partial charge in [0.1, 0.15) is 0 Å². The molecule has 1 aromatic rings. The first-order chi connectivity index (χ1) is 7.45. The highest BCUT2D eigenvalue weighted by Crippen LogP contribution is 2.22. The lowest BCUT2D eigenvalue weighted by Crippen LogP contribution is -2.23. The average molecular weight is 216 g/mol. The van der Waals surface area contributed by atoms with Crippen molar-refractivity contribution in [2.45, 2.75) is 6.92 Å². The zero-order valence-electron chi connectivity index (χ0n) is 9.19. The molecule has 4 heteroatoms. The lowest BCUT2D eigenvalue weighted by atomic mass is 10.0. The minimum Gasteiger partial charge on any atom is -0.465 e. The largest absolute Gasteiger partial charge is 0.465 e. The highest BCUT2D eigenvalue weighted by molar-refractivity contribution is 5.86. The average Bonchev–Trinajstić information content (AvgIpc) is 2.27. The molecule has 0 atom stereocenters. The molecule has 1 amide bonds. The van der Waals surface area contributed by atoms with Gasteiger partial charge >= 0.3 is 6.09 Å². The molecule has 0 heterocycles. The molecular formula is C12H12N2O2. The van der Waals surface area contributed by atoms with Crippen LogP contribution in [0.5, 0.6) is 0 Å². The number of hydrogen-bond donors (Lipinski definition) is 1. The summed E-state index contributed by atoms with van der Waals surface area (Å²) < 4.78 is 0. The van der Waals surface area contributed by atoms with E-state index in [1.165, 1.54) is 13.1 Å². The summed E-state index contributed by atoms with van der Waals surface area (Å²) in [6, 6.07) is 6.90. The number of nitriles is 1. The summed E-state index contributed by atoms with van der Waals surface area (Å²) in [5.74, 6) is 0. The SMILES string of the molecule is C=C(C)c1cc(C#N)cc(N(C)C(=O)O)c1. The predicted octanol–water partition coefficient (Wildman–Crippen LogP) is 2.71. The van der Waals surface area contributed by atoms with Gasteiger partial charge in [0.25, 0.3) is 0 Å². The van der Waals surface area contributed by atoms with E-state index in [-0.39, 0.29) is 0 Å². The highest BCUT2D eigenvalue weighted by atomic mass is 16.4. The van der Waals surface area contributed by atoms with Gasteiger partial charge in [0.05, 0.1) is 11.6 Å². The minimum atomic E-state index is -1.07. The van der Waals surface area contributed by atoms with Crippen LogP contribution in [0.4, 0.5) is 10.5 Å². The van der Waals surface area contributed by atoms with Gasteiger partial charge in [-0.25, -0.2) is 4.79 Å². The molecule has 1 rings (SSSR count). The fourth-order valence-electron chi connectivity index (χ4n) is 1.23. The summed E-state index contributed by atoms with van der Waals surface area (Å²) in [6.07, 6.45) is -1.07.